The number of rotatable bonds is 5. The van der Waals surface area contributed by atoms with Crippen LogP contribution in [-0.2, 0) is 6.42 Å². The van der Waals surface area contributed by atoms with Gasteiger partial charge in [0.05, 0.1) is 0 Å². The van der Waals surface area contributed by atoms with Gasteiger partial charge in [-0.15, -0.1) is 0 Å². The lowest BCUT2D eigenvalue weighted by Gasteiger charge is -2.04. The molecule has 4 nitrogen and oxygen atoms in total. The van der Waals surface area contributed by atoms with Crippen LogP contribution in [0, 0.1) is 5.82 Å². The minimum absolute atomic E-state index is 0. The molecular formula is C19H21FN2O2. The number of fused-ring (bicyclic) bond motifs is 1. The number of aromatic carboxylic acids is 1. The molecular weight excluding hydrogens is 307 g/mol. The second kappa shape index (κ2) is 7.27. The van der Waals surface area contributed by atoms with Gasteiger partial charge in [-0.05, 0) is 60.3 Å². The van der Waals surface area contributed by atoms with Crippen LogP contribution in [0.4, 0.5) is 4.39 Å². The molecule has 0 fully saturated rings. The van der Waals surface area contributed by atoms with Crippen LogP contribution in [0.25, 0.3) is 22.0 Å². The maximum absolute atomic E-state index is 13.4. The van der Waals surface area contributed by atoms with E-state index >= 15 is 0 Å². The number of H-pyrrole nitrogens is 1. The number of carbonyl (C=O) groups is 1. The molecule has 5 heteroatoms. The van der Waals surface area contributed by atoms with Crippen molar-refractivity contribution in [2.45, 2.75) is 20.3 Å². The minimum atomic E-state index is -0.986. The summed E-state index contributed by atoms with van der Waals surface area (Å²) in [6, 6.07) is 11.9. The maximum Gasteiger partial charge on any atom is 0.352 e. The van der Waals surface area contributed by atoms with E-state index < -0.39 is 5.97 Å². The summed E-state index contributed by atoms with van der Waals surface area (Å²) in [5.41, 5.74) is 8.87. The molecule has 24 heavy (non-hydrogen) atoms. The molecule has 1 aromatic heterocycles. The number of aromatic amines is 1. The first-order valence-electron chi connectivity index (χ1n) is 7.44. The van der Waals surface area contributed by atoms with Crippen LogP contribution in [0.5, 0.6) is 0 Å². The number of aromatic nitrogens is 1. The first kappa shape index (κ1) is 17.7. The molecule has 0 bridgehead atoms. The van der Waals surface area contributed by atoms with Crippen LogP contribution in [0.1, 0.15) is 29.9 Å². The number of hydrogen-bond acceptors (Lipinski definition) is 2. The summed E-state index contributed by atoms with van der Waals surface area (Å²) in [4.78, 5) is 14.4. The molecule has 3 rings (SSSR count). The zero-order valence-corrected chi connectivity index (χ0v) is 12.5. The summed E-state index contributed by atoms with van der Waals surface area (Å²) in [7, 11) is 0. The lowest BCUT2D eigenvalue weighted by molar-refractivity contribution is 0.0690. The fraction of sp³-hybridized carbons (Fsp3) is 0.211. The first-order chi connectivity index (χ1) is 11.1. The van der Waals surface area contributed by atoms with E-state index in [0.717, 1.165) is 27.6 Å². The van der Waals surface area contributed by atoms with Crippen molar-refractivity contribution >= 4 is 16.9 Å². The van der Waals surface area contributed by atoms with Gasteiger partial charge >= 0.3 is 5.97 Å². The summed E-state index contributed by atoms with van der Waals surface area (Å²) >= 11 is 0. The predicted octanol–water partition coefficient (Wildman–Crippen LogP) is 4.20. The van der Waals surface area contributed by atoms with Gasteiger partial charge in [-0.2, -0.15) is 0 Å². The van der Waals surface area contributed by atoms with E-state index in [1.54, 1.807) is 6.07 Å². The molecule has 0 amide bonds. The molecule has 0 atom stereocenters. The van der Waals surface area contributed by atoms with Crippen molar-refractivity contribution in [3.05, 3.63) is 59.5 Å². The van der Waals surface area contributed by atoms with Gasteiger partial charge in [0.2, 0.25) is 0 Å². The summed E-state index contributed by atoms with van der Waals surface area (Å²) in [6.45, 7) is 0.495. The molecule has 0 aliphatic heterocycles. The number of benzene rings is 2. The normalized spacial score (nSPS) is 10.6. The molecule has 0 spiro atoms. The Balaban J connectivity index is 0.00000208. The van der Waals surface area contributed by atoms with E-state index in [1.807, 2.05) is 24.3 Å². The van der Waals surface area contributed by atoms with E-state index in [4.69, 9.17) is 5.73 Å². The molecule has 2 aromatic carbocycles. The van der Waals surface area contributed by atoms with Crippen LogP contribution in [-0.4, -0.2) is 22.6 Å². The van der Waals surface area contributed by atoms with Crippen molar-refractivity contribution in [3.8, 4) is 11.1 Å². The molecule has 0 saturated carbocycles. The van der Waals surface area contributed by atoms with Crippen LogP contribution in [0.2, 0.25) is 0 Å². The number of carboxylic acid groups (broad SMARTS) is 1. The Morgan fingerprint density at radius 2 is 1.92 bits per heavy atom. The third kappa shape index (κ3) is 3.31. The Morgan fingerprint density at radius 3 is 2.58 bits per heavy atom. The van der Waals surface area contributed by atoms with Crippen molar-refractivity contribution in [2.24, 2.45) is 5.73 Å². The van der Waals surface area contributed by atoms with Gasteiger partial charge in [-0.25, -0.2) is 9.18 Å². The van der Waals surface area contributed by atoms with Gasteiger partial charge in [0, 0.05) is 10.9 Å². The highest BCUT2D eigenvalue weighted by atomic mass is 19.1. The summed E-state index contributed by atoms with van der Waals surface area (Å²) < 4.78 is 13.4. The van der Waals surface area contributed by atoms with Crippen molar-refractivity contribution in [2.75, 3.05) is 6.54 Å². The van der Waals surface area contributed by atoms with Crippen molar-refractivity contribution in [3.63, 3.8) is 0 Å². The van der Waals surface area contributed by atoms with Crippen LogP contribution in [0.3, 0.4) is 0 Å². The Morgan fingerprint density at radius 1 is 1.17 bits per heavy atom. The Hall–Kier alpha value is -2.66. The van der Waals surface area contributed by atoms with Gasteiger partial charge in [0.1, 0.15) is 11.5 Å². The van der Waals surface area contributed by atoms with E-state index in [0.29, 0.717) is 19.4 Å². The van der Waals surface area contributed by atoms with Gasteiger partial charge in [0.25, 0.3) is 0 Å². The molecule has 0 saturated heterocycles. The fourth-order valence-corrected chi connectivity index (χ4v) is 2.82. The number of carboxylic acids is 1. The number of halogens is 1. The Bertz CT molecular complexity index is 871. The quantitative estimate of drug-likeness (QED) is 0.657. The highest BCUT2D eigenvalue weighted by Crippen LogP contribution is 2.29. The van der Waals surface area contributed by atoms with Crippen molar-refractivity contribution in [1.29, 1.82) is 0 Å². The molecule has 3 aromatic rings. The zero-order chi connectivity index (χ0) is 16.4. The summed E-state index contributed by atoms with van der Waals surface area (Å²) in [6.07, 6.45) is 1.29. The smallest absolute Gasteiger partial charge is 0.352 e. The lowest BCUT2D eigenvalue weighted by atomic mass is 10.00. The minimum Gasteiger partial charge on any atom is -0.477 e. The zero-order valence-electron chi connectivity index (χ0n) is 12.5. The van der Waals surface area contributed by atoms with Crippen LogP contribution >= 0.6 is 0 Å². The van der Waals surface area contributed by atoms with Crippen molar-refractivity contribution in [1.82, 2.24) is 4.98 Å². The Kier molecular flexibility index (Phi) is 5.36. The number of aryl methyl sites for hydroxylation is 1. The summed E-state index contributed by atoms with van der Waals surface area (Å²) in [5, 5.41) is 10.2. The second-order valence-corrected chi connectivity index (χ2v) is 5.45. The highest BCUT2D eigenvalue weighted by Gasteiger charge is 2.17. The molecule has 1 heterocycles. The number of nitrogens with one attached hydrogen (secondary N) is 1. The van der Waals surface area contributed by atoms with Crippen LogP contribution < -0.4 is 5.73 Å². The second-order valence-electron chi connectivity index (χ2n) is 5.45. The van der Waals surface area contributed by atoms with E-state index in [2.05, 4.69) is 4.98 Å². The SMILES string of the molecule is C.NCCCc1c(C(=O)O)[nH]c2ccc(-c3cccc(F)c3)cc12. The molecule has 0 unspecified atom stereocenters. The molecule has 0 aliphatic rings. The standard InChI is InChI=1S/C18H17FN2O2.CH4/c19-13-4-1-3-11(9-13)12-6-7-16-15(10-12)14(5-2-8-20)17(21-16)18(22)23;/h1,3-4,6-7,9-10,21H,2,5,8,20H2,(H,22,23);1H4. The maximum atomic E-state index is 13.4. The summed E-state index contributed by atoms with van der Waals surface area (Å²) in [5.74, 6) is -1.29. The third-order valence-electron chi connectivity index (χ3n) is 3.91. The highest BCUT2D eigenvalue weighted by molar-refractivity contribution is 5.98. The lowest BCUT2D eigenvalue weighted by Crippen LogP contribution is -2.05. The first-order valence-corrected chi connectivity index (χ1v) is 7.44. The molecule has 4 N–H and O–H groups in total. The van der Waals surface area contributed by atoms with Gasteiger partial charge in [0.15, 0.2) is 0 Å². The largest absolute Gasteiger partial charge is 0.477 e. The average molecular weight is 328 g/mol. The third-order valence-corrected chi connectivity index (χ3v) is 3.91. The van der Waals surface area contributed by atoms with E-state index in [9.17, 15) is 14.3 Å². The van der Waals surface area contributed by atoms with Crippen LogP contribution in [0.15, 0.2) is 42.5 Å². The van der Waals surface area contributed by atoms with E-state index in [-0.39, 0.29) is 18.9 Å². The topological polar surface area (TPSA) is 79.1 Å². The fourth-order valence-electron chi connectivity index (χ4n) is 2.82. The van der Waals surface area contributed by atoms with E-state index in [1.165, 1.54) is 12.1 Å². The Labute approximate surface area is 140 Å². The van der Waals surface area contributed by atoms with Crippen molar-refractivity contribution < 1.29 is 14.3 Å². The average Bonchev–Trinajstić information content (AvgIpc) is 2.91. The van der Waals surface area contributed by atoms with Gasteiger partial charge in [-0.3, -0.25) is 0 Å². The molecule has 0 radical (unpaired) electrons. The molecule has 0 aliphatic carbocycles. The van der Waals surface area contributed by atoms with Gasteiger partial charge in [-0.1, -0.05) is 25.6 Å². The van der Waals surface area contributed by atoms with Gasteiger partial charge < -0.3 is 15.8 Å². The monoisotopic (exact) mass is 328 g/mol. The predicted molar refractivity (Wildman–Crippen MR) is 94.8 cm³/mol. The number of hydrogen-bond donors (Lipinski definition) is 3. The number of nitrogens with two attached hydrogens (primary N) is 1. The molecule has 126 valence electrons.